The van der Waals surface area contributed by atoms with Gasteiger partial charge in [0.15, 0.2) is 0 Å². The first-order valence-corrected chi connectivity index (χ1v) is 6.44. The van der Waals surface area contributed by atoms with Crippen molar-refractivity contribution in [3.05, 3.63) is 24.3 Å². The molecule has 1 heterocycles. The molecule has 0 radical (unpaired) electrons. The first kappa shape index (κ1) is 14.8. The zero-order chi connectivity index (χ0) is 15.5. The Bertz CT molecular complexity index is 637. The van der Waals surface area contributed by atoms with E-state index in [1.54, 1.807) is 21.0 Å². The van der Waals surface area contributed by atoms with Gasteiger partial charge in [0.25, 0.3) is 0 Å². The molecule has 0 saturated heterocycles. The molecule has 7 heteroatoms. The van der Waals surface area contributed by atoms with E-state index in [0.717, 1.165) is 5.56 Å². The lowest BCUT2D eigenvalue weighted by molar-refractivity contribution is -0.125. The van der Waals surface area contributed by atoms with E-state index in [2.05, 4.69) is 15.5 Å². The van der Waals surface area contributed by atoms with Crippen LogP contribution in [0.1, 0.15) is 13.8 Å². The first-order valence-electron chi connectivity index (χ1n) is 6.44. The van der Waals surface area contributed by atoms with Crippen molar-refractivity contribution >= 4 is 11.9 Å². The summed E-state index contributed by atoms with van der Waals surface area (Å²) in [6.07, 6.45) is 0. The molecule has 0 aliphatic heterocycles. The Morgan fingerprint density at radius 1 is 1.48 bits per heavy atom. The summed E-state index contributed by atoms with van der Waals surface area (Å²) in [7, 11) is 1.59. The lowest BCUT2D eigenvalue weighted by Crippen LogP contribution is -2.37. The number of primary amides is 1. The molecule has 0 saturated carbocycles. The normalized spacial score (nSPS) is 11.2. The van der Waals surface area contributed by atoms with E-state index in [4.69, 9.17) is 15.0 Å². The summed E-state index contributed by atoms with van der Waals surface area (Å²) in [6, 6.07) is 7.57. The molecule has 0 unspecified atom stereocenters. The number of rotatable bonds is 6. The fourth-order valence-electron chi connectivity index (χ4n) is 1.56. The van der Waals surface area contributed by atoms with Crippen molar-refractivity contribution in [1.29, 1.82) is 0 Å². The summed E-state index contributed by atoms with van der Waals surface area (Å²) >= 11 is 0. The summed E-state index contributed by atoms with van der Waals surface area (Å²) in [5, 5.41) is 6.80. The molecule has 0 aliphatic carbocycles. The van der Waals surface area contributed by atoms with Crippen LogP contribution in [-0.4, -0.2) is 29.7 Å². The van der Waals surface area contributed by atoms with E-state index in [0.29, 0.717) is 18.1 Å². The molecule has 112 valence electrons. The second kappa shape index (κ2) is 5.82. The summed E-state index contributed by atoms with van der Waals surface area (Å²) in [5.41, 5.74) is 5.38. The Kier molecular flexibility index (Phi) is 4.11. The van der Waals surface area contributed by atoms with E-state index in [1.165, 1.54) is 0 Å². The third kappa shape index (κ3) is 3.50. The fraction of sp³-hybridized carbons (Fsp3) is 0.357. The number of amides is 1. The Morgan fingerprint density at radius 2 is 2.24 bits per heavy atom. The van der Waals surface area contributed by atoms with Crippen molar-refractivity contribution in [2.45, 2.75) is 13.8 Å². The van der Waals surface area contributed by atoms with Gasteiger partial charge in [-0.1, -0.05) is 17.3 Å². The summed E-state index contributed by atoms with van der Waals surface area (Å²) in [4.78, 5) is 15.5. The average Bonchev–Trinajstić information content (AvgIpc) is 2.94. The highest BCUT2D eigenvalue weighted by atomic mass is 16.5. The van der Waals surface area contributed by atoms with Gasteiger partial charge in [-0.2, -0.15) is 4.98 Å². The van der Waals surface area contributed by atoms with Crippen LogP contribution in [0.4, 0.5) is 6.01 Å². The first-order chi connectivity index (χ1) is 9.92. The van der Waals surface area contributed by atoms with E-state index < -0.39 is 11.3 Å². The second-order valence-corrected chi connectivity index (χ2v) is 5.26. The summed E-state index contributed by atoms with van der Waals surface area (Å²) in [6.45, 7) is 3.78. The molecule has 0 bridgehead atoms. The smallest absolute Gasteiger partial charge is 0.321 e. The van der Waals surface area contributed by atoms with Gasteiger partial charge in [0, 0.05) is 12.1 Å². The van der Waals surface area contributed by atoms with Gasteiger partial charge in [-0.15, -0.1) is 0 Å². The lowest BCUT2D eigenvalue weighted by Gasteiger charge is -2.19. The zero-order valence-corrected chi connectivity index (χ0v) is 12.2. The van der Waals surface area contributed by atoms with Crippen LogP contribution in [0.5, 0.6) is 5.75 Å². The van der Waals surface area contributed by atoms with Crippen LogP contribution in [0.15, 0.2) is 28.8 Å². The van der Waals surface area contributed by atoms with E-state index in [-0.39, 0.29) is 6.01 Å². The minimum Gasteiger partial charge on any atom is -0.497 e. The largest absolute Gasteiger partial charge is 0.497 e. The number of carbonyl (C=O) groups is 1. The second-order valence-electron chi connectivity index (χ2n) is 5.26. The van der Waals surface area contributed by atoms with E-state index in [9.17, 15) is 4.79 Å². The summed E-state index contributed by atoms with van der Waals surface area (Å²) in [5.74, 6) is 0.748. The Labute approximate surface area is 122 Å². The number of anilines is 1. The number of ether oxygens (including phenoxy) is 1. The van der Waals surface area contributed by atoms with Gasteiger partial charge in [0.2, 0.25) is 11.7 Å². The third-order valence-electron chi connectivity index (χ3n) is 3.10. The maximum Gasteiger partial charge on any atom is 0.321 e. The van der Waals surface area contributed by atoms with Gasteiger partial charge >= 0.3 is 6.01 Å². The number of hydrogen-bond donors (Lipinski definition) is 2. The highest BCUT2D eigenvalue weighted by Crippen LogP contribution is 2.23. The molecule has 21 heavy (non-hydrogen) atoms. The lowest BCUT2D eigenvalue weighted by atomic mass is 9.93. The van der Waals surface area contributed by atoms with Crippen molar-refractivity contribution in [1.82, 2.24) is 10.1 Å². The highest BCUT2D eigenvalue weighted by Gasteiger charge is 2.25. The molecule has 0 spiro atoms. The van der Waals surface area contributed by atoms with Crippen LogP contribution in [0.25, 0.3) is 11.4 Å². The average molecular weight is 290 g/mol. The highest BCUT2D eigenvalue weighted by molar-refractivity contribution is 5.80. The van der Waals surface area contributed by atoms with E-state index >= 15 is 0 Å². The molecule has 3 N–H and O–H groups in total. The fourth-order valence-corrected chi connectivity index (χ4v) is 1.56. The molecule has 0 atom stereocenters. The van der Waals surface area contributed by atoms with Gasteiger partial charge in [-0.3, -0.25) is 4.79 Å². The molecule has 7 nitrogen and oxygen atoms in total. The number of carbonyl (C=O) groups excluding carboxylic acids is 1. The molecule has 0 fully saturated rings. The predicted molar refractivity (Wildman–Crippen MR) is 77.8 cm³/mol. The van der Waals surface area contributed by atoms with Crippen LogP contribution in [0.3, 0.4) is 0 Å². The van der Waals surface area contributed by atoms with Crippen molar-refractivity contribution in [2.24, 2.45) is 11.1 Å². The van der Waals surface area contributed by atoms with Crippen LogP contribution in [0, 0.1) is 5.41 Å². The van der Waals surface area contributed by atoms with Crippen molar-refractivity contribution < 1.29 is 14.1 Å². The van der Waals surface area contributed by atoms with Crippen molar-refractivity contribution in [3.63, 3.8) is 0 Å². The minimum absolute atomic E-state index is 0.238. The topological polar surface area (TPSA) is 103 Å². The monoisotopic (exact) mass is 290 g/mol. The number of hydrogen-bond acceptors (Lipinski definition) is 6. The molecular weight excluding hydrogens is 272 g/mol. The van der Waals surface area contributed by atoms with Crippen LogP contribution in [0.2, 0.25) is 0 Å². The molecule has 0 aliphatic rings. The van der Waals surface area contributed by atoms with E-state index in [1.807, 2.05) is 24.3 Å². The maximum absolute atomic E-state index is 11.2. The van der Waals surface area contributed by atoms with Crippen molar-refractivity contribution in [3.8, 4) is 17.1 Å². The van der Waals surface area contributed by atoms with Crippen LogP contribution in [-0.2, 0) is 4.79 Å². The third-order valence-corrected chi connectivity index (χ3v) is 3.10. The standard InChI is InChI=1S/C14H18N4O3/c1-14(2,12(15)19)8-16-13-17-11(18-21-13)9-5-4-6-10(7-9)20-3/h4-7H,8H2,1-3H3,(H2,15,19)(H,16,17,18). The van der Waals surface area contributed by atoms with Crippen LogP contribution >= 0.6 is 0 Å². The number of aromatic nitrogens is 2. The van der Waals surface area contributed by atoms with Crippen molar-refractivity contribution in [2.75, 3.05) is 19.0 Å². The van der Waals surface area contributed by atoms with Gasteiger partial charge < -0.3 is 20.3 Å². The molecule has 2 rings (SSSR count). The van der Waals surface area contributed by atoms with Crippen LogP contribution < -0.4 is 15.8 Å². The van der Waals surface area contributed by atoms with Gasteiger partial charge in [-0.05, 0) is 26.0 Å². The maximum atomic E-state index is 11.2. The van der Waals surface area contributed by atoms with Gasteiger partial charge in [0.1, 0.15) is 5.75 Å². The number of nitrogens with zero attached hydrogens (tertiary/aromatic N) is 2. The molecule has 2 aromatic rings. The molecular formula is C14H18N4O3. The number of benzene rings is 1. The summed E-state index contributed by atoms with van der Waals surface area (Å²) < 4.78 is 10.3. The Balaban J connectivity index is 2.09. The molecule has 1 aromatic carbocycles. The SMILES string of the molecule is COc1cccc(-c2noc(NCC(C)(C)C(N)=O)n2)c1. The predicted octanol–water partition coefficient (Wildman–Crippen LogP) is 1.67. The Hall–Kier alpha value is -2.57. The number of nitrogens with two attached hydrogens (primary N) is 1. The zero-order valence-electron chi connectivity index (χ0n) is 12.2. The van der Waals surface area contributed by atoms with Gasteiger partial charge in [-0.25, -0.2) is 0 Å². The quantitative estimate of drug-likeness (QED) is 0.838. The Morgan fingerprint density at radius 3 is 2.90 bits per heavy atom. The van der Waals surface area contributed by atoms with Gasteiger partial charge in [0.05, 0.1) is 12.5 Å². The number of methoxy groups -OCH3 is 1. The molecule has 1 amide bonds. The minimum atomic E-state index is -0.704. The number of nitrogens with one attached hydrogen (secondary N) is 1. The molecule has 1 aromatic heterocycles.